The first-order chi connectivity index (χ1) is 8.74. The van der Waals surface area contributed by atoms with Crippen LogP contribution in [0.5, 0.6) is 0 Å². The minimum absolute atomic E-state index is 0.184. The van der Waals surface area contributed by atoms with E-state index in [1.165, 1.54) is 18.4 Å². The Morgan fingerprint density at radius 1 is 1.28 bits per heavy atom. The predicted octanol–water partition coefficient (Wildman–Crippen LogP) is 3.74. The van der Waals surface area contributed by atoms with E-state index in [9.17, 15) is 4.79 Å². The van der Waals surface area contributed by atoms with Crippen LogP contribution in [-0.2, 0) is 10.5 Å². The van der Waals surface area contributed by atoms with Crippen LogP contribution in [0.15, 0.2) is 28.7 Å². The second-order valence-corrected chi connectivity index (χ2v) is 6.57. The highest BCUT2D eigenvalue weighted by Crippen LogP contribution is 2.18. The van der Waals surface area contributed by atoms with Crippen molar-refractivity contribution in [2.24, 2.45) is 0 Å². The van der Waals surface area contributed by atoms with Crippen molar-refractivity contribution in [3.63, 3.8) is 0 Å². The van der Waals surface area contributed by atoms with Gasteiger partial charge in [-0.2, -0.15) is 0 Å². The summed E-state index contributed by atoms with van der Waals surface area (Å²) in [5.74, 6) is 1.64. The van der Waals surface area contributed by atoms with Crippen molar-refractivity contribution in [3.8, 4) is 0 Å². The predicted molar refractivity (Wildman–Crippen MR) is 80.7 cm³/mol. The summed E-state index contributed by atoms with van der Waals surface area (Å²) >= 11 is 5.09. The molecule has 0 radical (unpaired) electrons. The molecule has 2 rings (SSSR count). The Bertz CT molecular complexity index is 387. The summed E-state index contributed by atoms with van der Waals surface area (Å²) in [6.07, 6.45) is 4.83. The number of benzene rings is 1. The number of rotatable bonds is 5. The van der Waals surface area contributed by atoms with Gasteiger partial charge in [0, 0.05) is 16.3 Å². The van der Waals surface area contributed by atoms with Crippen LogP contribution in [0.3, 0.4) is 0 Å². The molecule has 2 nitrogen and oxygen atoms in total. The summed E-state index contributed by atoms with van der Waals surface area (Å²) in [5.41, 5.74) is 1.26. The maximum absolute atomic E-state index is 11.7. The van der Waals surface area contributed by atoms with Gasteiger partial charge < -0.3 is 5.32 Å². The van der Waals surface area contributed by atoms with E-state index in [0.29, 0.717) is 11.8 Å². The van der Waals surface area contributed by atoms with E-state index in [2.05, 4.69) is 33.4 Å². The molecule has 0 aromatic heterocycles. The Morgan fingerprint density at radius 2 is 1.94 bits per heavy atom. The Morgan fingerprint density at radius 3 is 2.61 bits per heavy atom. The number of halogens is 1. The maximum atomic E-state index is 11.7. The highest BCUT2D eigenvalue weighted by atomic mass is 79.9. The molecule has 4 heteroatoms. The molecular weight excluding hydrogens is 310 g/mol. The van der Waals surface area contributed by atoms with Crippen LogP contribution in [0.2, 0.25) is 0 Å². The van der Waals surface area contributed by atoms with E-state index in [1.54, 1.807) is 11.8 Å². The van der Waals surface area contributed by atoms with Gasteiger partial charge >= 0.3 is 0 Å². The number of hydrogen-bond acceptors (Lipinski definition) is 2. The van der Waals surface area contributed by atoms with Gasteiger partial charge in [0.2, 0.25) is 5.91 Å². The normalized spacial score (nSPS) is 15.8. The Balaban J connectivity index is 1.65. The molecule has 1 saturated carbocycles. The lowest BCUT2D eigenvalue weighted by molar-refractivity contribution is -0.119. The summed E-state index contributed by atoms with van der Waals surface area (Å²) in [6, 6.07) is 8.69. The largest absolute Gasteiger partial charge is 0.353 e. The van der Waals surface area contributed by atoms with E-state index in [-0.39, 0.29) is 5.91 Å². The average molecular weight is 328 g/mol. The van der Waals surface area contributed by atoms with Crippen molar-refractivity contribution in [1.82, 2.24) is 5.32 Å². The van der Waals surface area contributed by atoms with Crippen LogP contribution in [0.25, 0.3) is 0 Å². The monoisotopic (exact) mass is 327 g/mol. The topological polar surface area (TPSA) is 29.1 Å². The zero-order valence-corrected chi connectivity index (χ0v) is 12.7. The minimum Gasteiger partial charge on any atom is -0.353 e. The molecule has 0 heterocycles. The summed E-state index contributed by atoms with van der Waals surface area (Å²) < 4.78 is 1.09. The fourth-order valence-corrected chi connectivity index (χ4v) is 3.24. The van der Waals surface area contributed by atoms with Gasteiger partial charge in [-0.15, -0.1) is 11.8 Å². The zero-order chi connectivity index (χ0) is 12.8. The lowest BCUT2D eigenvalue weighted by atomic mass is 10.2. The van der Waals surface area contributed by atoms with E-state index in [4.69, 9.17) is 0 Å². The van der Waals surface area contributed by atoms with Crippen LogP contribution in [0.4, 0.5) is 0 Å². The van der Waals surface area contributed by atoms with Crippen LogP contribution in [-0.4, -0.2) is 17.7 Å². The summed E-state index contributed by atoms with van der Waals surface area (Å²) in [5, 5.41) is 3.11. The van der Waals surface area contributed by atoms with Crippen LogP contribution >= 0.6 is 27.7 Å². The summed E-state index contributed by atoms with van der Waals surface area (Å²) in [4.78, 5) is 11.7. The molecule has 0 unspecified atom stereocenters. The average Bonchev–Trinajstić information content (AvgIpc) is 2.84. The third-order valence-corrected chi connectivity index (χ3v) is 4.67. The first kappa shape index (κ1) is 13.9. The van der Waals surface area contributed by atoms with Gasteiger partial charge in [0.1, 0.15) is 0 Å². The van der Waals surface area contributed by atoms with Gasteiger partial charge in [0.15, 0.2) is 0 Å². The molecule has 1 aliphatic rings. The first-order valence-electron chi connectivity index (χ1n) is 6.35. The molecule has 0 bridgehead atoms. The molecule has 1 fully saturated rings. The van der Waals surface area contributed by atoms with E-state index < -0.39 is 0 Å². The van der Waals surface area contributed by atoms with Gasteiger partial charge in [0.25, 0.3) is 0 Å². The second-order valence-electron chi connectivity index (χ2n) is 4.67. The third kappa shape index (κ3) is 4.65. The lowest BCUT2D eigenvalue weighted by Gasteiger charge is -2.11. The third-order valence-electron chi connectivity index (χ3n) is 3.14. The highest BCUT2D eigenvalue weighted by Gasteiger charge is 2.16. The number of carbonyl (C=O) groups is 1. The van der Waals surface area contributed by atoms with Crippen molar-refractivity contribution in [1.29, 1.82) is 0 Å². The van der Waals surface area contributed by atoms with Gasteiger partial charge in [-0.1, -0.05) is 40.9 Å². The van der Waals surface area contributed by atoms with Crippen molar-refractivity contribution >= 4 is 33.6 Å². The number of thioether (sulfide) groups is 1. The first-order valence-corrected chi connectivity index (χ1v) is 8.30. The molecule has 1 aromatic rings. The Kier molecular flexibility index (Phi) is 5.57. The Hall–Kier alpha value is -0.480. The molecule has 0 spiro atoms. The van der Waals surface area contributed by atoms with Crippen molar-refractivity contribution in [2.75, 3.05) is 5.75 Å². The minimum atomic E-state index is 0.184. The van der Waals surface area contributed by atoms with E-state index in [0.717, 1.165) is 23.1 Å². The quantitative estimate of drug-likeness (QED) is 0.892. The smallest absolute Gasteiger partial charge is 0.230 e. The van der Waals surface area contributed by atoms with Crippen molar-refractivity contribution < 1.29 is 4.79 Å². The molecule has 1 N–H and O–H groups in total. The molecule has 1 amide bonds. The van der Waals surface area contributed by atoms with Crippen molar-refractivity contribution in [2.45, 2.75) is 37.5 Å². The van der Waals surface area contributed by atoms with E-state index >= 15 is 0 Å². The Labute approximate surface area is 121 Å². The van der Waals surface area contributed by atoms with Crippen LogP contribution < -0.4 is 5.32 Å². The molecule has 1 aliphatic carbocycles. The fraction of sp³-hybridized carbons (Fsp3) is 0.500. The van der Waals surface area contributed by atoms with Crippen LogP contribution in [0, 0.1) is 0 Å². The van der Waals surface area contributed by atoms with Gasteiger partial charge in [-0.05, 0) is 30.5 Å². The number of carbonyl (C=O) groups excluding carboxylic acids is 1. The highest BCUT2D eigenvalue weighted by molar-refractivity contribution is 9.10. The SMILES string of the molecule is O=C(CSCc1ccc(Br)cc1)NC1CCCC1. The van der Waals surface area contributed by atoms with Crippen LogP contribution in [0.1, 0.15) is 31.2 Å². The van der Waals surface area contributed by atoms with E-state index in [1.807, 2.05) is 12.1 Å². The molecule has 0 saturated heterocycles. The van der Waals surface area contributed by atoms with Crippen molar-refractivity contribution in [3.05, 3.63) is 34.3 Å². The number of nitrogens with one attached hydrogen (secondary N) is 1. The van der Waals surface area contributed by atoms with Gasteiger partial charge in [-0.3, -0.25) is 4.79 Å². The molecular formula is C14H18BrNOS. The zero-order valence-electron chi connectivity index (χ0n) is 10.3. The number of hydrogen-bond donors (Lipinski definition) is 1. The molecule has 18 heavy (non-hydrogen) atoms. The molecule has 1 aromatic carbocycles. The van der Waals surface area contributed by atoms with Gasteiger partial charge in [-0.25, -0.2) is 0 Å². The number of amides is 1. The van der Waals surface area contributed by atoms with Gasteiger partial charge in [0.05, 0.1) is 5.75 Å². The lowest BCUT2D eigenvalue weighted by Crippen LogP contribution is -2.33. The maximum Gasteiger partial charge on any atom is 0.230 e. The summed E-state index contributed by atoms with van der Waals surface area (Å²) in [6.45, 7) is 0. The fourth-order valence-electron chi connectivity index (χ4n) is 2.18. The standard InChI is InChI=1S/C14H18BrNOS/c15-12-7-5-11(6-8-12)9-18-10-14(17)16-13-3-1-2-4-13/h5-8,13H,1-4,9-10H2,(H,16,17). The summed E-state index contributed by atoms with van der Waals surface area (Å²) in [7, 11) is 0. The molecule has 0 aliphatic heterocycles. The molecule has 98 valence electrons. The second kappa shape index (κ2) is 7.19. The molecule has 0 atom stereocenters.